The highest BCUT2D eigenvalue weighted by Crippen LogP contribution is 2.26. The van der Waals surface area contributed by atoms with Crippen molar-refractivity contribution in [3.8, 4) is 0 Å². The molecule has 1 rings (SSSR count). The van der Waals surface area contributed by atoms with Gasteiger partial charge in [0.15, 0.2) is 0 Å². The van der Waals surface area contributed by atoms with Gasteiger partial charge in [-0.25, -0.2) is 4.79 Å². The number of urea groups is 1. The maximum absolute atomic E-state index is 11.9. The number of nitrogens with zero attached hydrogens (tertiary/aromatic N) is 1. The van der Waals surface area contributed by atoms with Gasteiger partial charge in [-0.2, -0.15) is 0 Å². The van der Waals surface area contributed by atoms with Crippen LogP contribution in [-0.4, -0.2) is 56.5 Å². The molecule has 0 bridgehead atoms. The van der Waals surface area contributed by atoms with Crippen LogP contribution in [0.5, 0.6) is 0 Å². The summed E-state index contributed by atoms with van der Waals surface area (Å²) in [4.78, 5) is 13.5. The number of aliphatic hydroxyl groups is 1. The molecule has 1 saturated carbocycles. The Balaban J connectivity index is 2.29. The minimum atomic E-state index is -0.948. The first-order valence-corrected chi connectivity index (χ1v) is 7.72. The fourth-order valence-electron chi connectivity index (χ4n) is 1.60. The summed E-state index contributed by atoms with van der Waals surface area (Å²) in [6, 6.07) is 0.128. The van der Waals surface area contributed by atoms with Crippen molar-refractivity contribution in [2.75, 3.05) is 25.4 Å². The zero-order valence-corrected chi connectivity index (χ0v) is 12.3. The molecular formula is C12H24N2O3S. The van der Waals surface area contributed by atoms with Gasteiger partial charge in [-0.3, -0.25) is 4.21 Å². The van der Waals surface area contributed by atoms with Crippen LogP contribution in [0.1, 0.15) is 33.6 Å². The van der Waals surface area contributed by atoms with E-state index in [9.17, 15) is 9.00 Å². The molecule has 0 aromatic heterocycles. The summed E-state index contributed by atoms with van der Waals surface area (Å²) in [7, 11) is -0.948. The molecule has 0 radical (unpaired) electrons. The zero-order chi connectivity index (χ0) is 13.8. The molecule has 0 heterocycles. The van der Waals surface area contributed by atoms with E-state index in [1.165, 1.54) is 0 Å². The Morgan fingerprint density at radius 2 is 2.06 bits per heavy atom. The lowest BCUT2D eigenvalue weighted by Gasteiger charge is -2.22. The van der Waals surface area contributed by atoms with E-state index in [0.717, 1.165) is 12.8 Å². The van der Waals surface area contributed by atoms with E-state index in [0.29, 0.717) is 18.8 Å². The van der Waals surface area contributed by atoms with E-state index in [1.807, 2.05) is 20.8 Å². The van der Waals surface area contributed by atoms with E-state index >= 15 is 0 Å². The molecule has 1 aliphatic carbocycles. The highest BCUT2D eigenvalue weighted by molar-refractivity contribution is 7.86. The second kappa shape index (κ2) is 6.52. The number of aliphatic hydroxyl groups excluding tert-OH is 1. The molecule has 18 heavy (non-hydrogen) atoms. The predicted molar refractivity (Wildman–Crippen MR) is 73.0 cm³/mol. The first-order valence-electron chi connectivity index (χ1n) is 6.40. The van der Waals surface area contributed by atoms with Crippen LogP contribution >= 0.6 is 0 Å². The topological polar surface area (TPSA) is 69.6 Å². The maximum Gasteiger partial charge on any atom is 0.317 e. The van der Waals surface area contributed by atoms with Crippen molar-refractivity contribution >= 4 is 16.8 Å². The van der Waals surface area contributed by atoms with Gasteiger partial charge in [0.1, 0.15) is 0 Å². The standard InChI is InChI=1S/C12H24N2O3S/c1-12(2,3)18(17)9-6-13-11(16)14(7-8-15)10-4-5-10/h10,15H,4-9H2,1-3H3,(H,13,16). The lowest BCUT2D eigenvalue weighted by atomic mass is 10.3. The van der Waals surface area contributed by atoms with Gasteiger partial charge in [0.05, 0.1) is 6.61 Å². The van der Waals surface area contributed by atoms with Crippen LogP contribution in [0.3, 0.4) is 0 Å². The molecule has 1 atom stereocenters. The van der Waals surface area contributed by atoms with Crippen LogP contribution in [-0.2, 0) is 10.8 Å². The molecule has 106 valence electrons. The number of nitrogens with one attached hydrogen (secondary N) is 1. The smallest absolute Gasteiger partial charge is 0.317 e. The van der Waals surface area contributed by atoms with E-state index in [1.54, 1.807) is 4.90 Å². The zero-order valence-electron chi connectivity index (χ0n) is 11.4. The van der Waals surface area contributed by atoms with Crippen molar-refractivity contribution in [3.63, 3.8) is 0 Å². The van der Waals surface area contributed by atoms with Gasteiger partial charge in [0.2, 0.25) is 0 Å². The number of hydrogen-bond acceptors (Lipinski definition) is 3. The van der Waals surface area contributed by atoms with Crippen molar-refractivity contribution in [1.82, 2.24) is 10.2 Å². The maximum atomic E-state index is 11.9. The summed E-state index contributed by atoms with van der Waals surface area (Å²) in [5.74, 6) is 0.465. The van der Waals surface area contributed by atoms with Gasteiger partial charge < -0.3 is 15.3 Å². The van der Waals surface area contributed by atoms with E-state index < -0.39 is 10.8 Å². The van der Waals surface area contributed by atoms with Gasteiger partial charge in [-0.05, 0) is 33.6 Å². The van der Waals surface area contributed by atoms with E-state index in [2.05, 4.69) is 5.32 Å². The lowest BCUT2D eigenvalue weighted by molar-refractivity contribution is 0.174. The number of hydrogen-bond donors (Lipinski definition) is 2. The summed E-state index contributed by atoms with van der Waals surface area (Å²) in [6.07, 6.45) is 2.03. The van der Waals surface area contributed by atoms with Gasteiger partial charge in [0.25, 0.3) is 0 Å². The Labute approximate surface area is 111 Å². The third kappa shape index (κ3) is 4.94. The molecule has 2 N–H and O–H groups in total. The molecule has 5 nitrogen and oxygen atoms in total. The summed E-state index contributed by atoms with van der Waals surface area (Å²) in [5.41, 5.74) is 0. The van der Waals surface area contributed by atoms with Crippen LogP contribution in [0, 0.1) is 0 Å². The average molecular weight is 276 g/mol. The summed E-state index contributed by atoms with van der Waals surface area (Å²) < 4.78 is 11.6. The van der Waals surface area contributed by atoms with Crippen molar-refractivity contribution < 1.29 is 14.1 Å². The van der Waals surface area contributed by atoms with Crippen molar-refractivity contribution in [2.24, 2.45) is 0 Å². The third-order valence-corrected chi connectivity index (χ3v) is 4.78. The molecule has 1 unspecified atom stereocenters. The van der Waals surface area contributed by atoms with Gasteiger partial charge in [-0.15, -0.1) is 0 Å². The minimum Gasteiger partial charge on any atom is -0.395 e. The van der Waals surface area contributed by atoms with Gasteiger partial charge in [-0.1, -0.05) is 0 Å². The van der Waals surface area contributed by atoms with E-state index in [4.69, 9.17) is 5.11 Å². The second-order valence-electron chi connectivity index (χ2n) is 5.54. The Bertz CT molecular complexity index is 311. The number of amides is 2. The molecule has 1 aliphatic rings. The summed E-state index contributed by atoms with van der Waals surface area (Å²) in [5, 5.41) is 11.7. The monoisotopic (exact) mass is 276 g/mol. The molecule has 0 saturated heterocycles. The van der Waals surface area contributed by atoms with Crippen LogP contribution < -0.4 is 5.32 Å². The Kier molecular flexibility index (Phi) is 5.59. The minimum absolute atomic E-state index is 0.0160. The first-order chi connectivity index (χ1) is 8.36. The predicted octanol–water partition coefficient (Wildman–Crippen LogP) is 0.700. The highest BCUT2D eigenvalue weighted by Gasteiger charge is 2.32. The van der Waals surface area contributed by atoms with Crippen molar-refractivity contribution in [3.05, 3.63) is 0 Å². The largest absolute Gasteiger partial charge is 0.395 e. The molecule has 6 heteroatoms. The number of rotatable bonds is 6. The van der Waals surface area contributed by atoms with Gasteiger partial charge >= 0.3 is 6.03 Å². The summed E-state index contributed by atoms with van der Waals surface area (Å²) in [6.45, 7) is 6.54. The second-order valence-corrected chi connectivity index (χ2v) is 7.87. The quantitative estimate of drug-likeness (QED) is 0.750. The normalized spacial score (nSPS) is 17.3. The molecule has 2 amide bonds. The van der Waals surface area contributed by atoms with Gasteiger partial charge in [0, 0.05) is 40.4 Å². The summed E-state index contributed by atoms with van der Waals surface area (Å²) >= 11 is 0. The Morgan fingerprint density at radius 3 is 2.50 bits per heavy atom. The fraction of sp³-hybridized carbons (Fsp3) is 0.917. The number of carbonyl (C=O) groups is 1. The highest BCUT2D eigenvalue weighted by atomic mass is 32.2. The van der Waals surface area contributed by atoms with Crippen molar-refractivity contribution in [2.45, 2.75) is 44.4 Å². The molecule has 0 spiro atoms. The first kappa shape index (κ1) is 15.4. The third-order valence-electron chi connectivity index (χ3n) is 2.84. The van der Waals surface area contributed by atoms with Crippen LogP contribution in [0.15, 0.2) is 0 Å². The van der Waals surface area contributed by atoms with Crippen LogP contribution in [0.25, 0.3) is 0 Å². The fourth-order valence-corrected chi connectivity index (χ4v) is 2.50. The Morgan fingerprint density at radius 1 is 1.44 bits per heavy atom. The van der Waals surface area contributed by atoms with E-state index in [-0.39, 0.29) is 23.4 Å². The molecular weight excluding hydrogens is 252 g/mol. The molecule has 0 aliphatic heterocycles. The molecule has 0 aromatic carbocycles. The molecule has 1 fully saturated rings. The SMILES string of the molecule is CC(C)(C)S(=O)CCNC(=O)N(CCO)C1CC1. The lowest BCUT2D eigenvalue weighted by Crippen LogP contribution is -2.44. The van der Waals surface area contributed by atoms with Crippen molar-refractivity contribution in [1.29, 1.82) is 0 Å². The molecule has 0 aromatic rings. The number of carbonyl (C=O) groups excluding carboxylic acids is 1. The van der Waals surface area contributed by atoms with Crippen LogP contribution in [0.4, 0.5) is 4.79 Å². The Hall–Kier alpha value is -0.620. The van der Waals surface area contributed by atoms with Crippen LogP contribution in [0.2, 0.25) is 0 Å². The average Bonchev–Trinajstić information content (AvgIpc) is 3.08.